The molecule has 1 aromatic carbocycles. The molecular weight excluding hydrogens is 229 g/mol. The van der Waals surface area contributed by atoms with Gasteiger partial charge < -0.3 is 5.73 Å². The minimum absolute atomic E-state index is 0.145. The van der Waals surface area contributed by atoms with Gasteiger partial charge in [0.05, 0.1) is 5.69 Å². The van der Waals surface area contributed by atoms with E-state index in [2.05, 4.69) is 25.9 Å². The first kappa shape index (κ1) is 12.6. The Hall–Kier alpha value is -1.84. The van der Waals surface area contributed by atoms with Crippen LogP contribution < -0.4 is 5.73 Å². The van der Waals surface area contributed by atoms with E-state index in [0.29, 0.717) is 11.3 Å². The van der Waals surface area contributed by atoms with Gasteiger partial charge in [-0.15, -0.1) is 0 Å². The zero-order valence-electron chi connectivity index (χ0n) is 11.2. The van der Waals surface area contributed by atoms with Gasteiger partial charge in [-0.2, -0.15) is 5.10 Å². The molecule has 96 valence electrons. The van der Waals surface area contributed by atoms with E-state index in [-0.39, 0.29) is 11.2 Å². The maximum Gasteiger partial charge on any atom is 0.131 e. The number of hydrogen-bond donors (Lipinski definition) is 1. The van der Waals surface area contributed by atoms with Gasteiger partial charge in [-0.05, 0) is 18.2 Å². The van der Waals surface area contributed by atoms with Gasteiger partial charge in [0.25, 0.3) is 0 Å². The van der Waals surface area contributed by atoms with Crippen LogP contribution in [0.15, 0.2) is 24.4 Å². The first-order chi connectivity index (χ1) is 8.29. The van der Waals surface area contributed by atoms with E-state index in [1.54, 1.807) is 16.8 Å². The number of aromatic nitrogens is 2. The van der Waals surface area contributed by atoms with E-state index in [1.165, 1.54) is 6.07 Å². The molecule has 0 aliphatic rings. The third kappa shape index (κ3) is 2.23. The molecule has 2 N–H and O–H groups in total. The molecule has 0 spiro atoms. The minimum Gasteiger partial charge on any atom is -0.399 e. The van der Waals surface area contributed by atoms with Gasteiger partial charge in [0.1, 0.15) is 5.82 Å². The molecule has 0 unspecified atom stereocenters. The van der Waals surface area contributed by atoms with E-state index in [4.69, 9.17) is 5.73 Å². The van der Waals surface area contributed by atoms with E-state index < -0.39 is 0 Å². The Labute approximate surface area is 106 Å². The van der Waals surface area contributed by atoms with Gasteiger partial charge in [-0.3, -0.25) is 4.68 Å². The van der Waals surface area contributed by atoms with Crippen molar-refractivity contribution >= 4 is 5.69 Å². The van der Waals surface area contributed by atoms with Gasteiger partial charge in [0.2, 0.25) is 0 Å². The first-order valence-corrected chi connectivity index (χ1v) is 5.88. The number of nitrogens with zero attached hydrogens (tertiary/aromatic N) is 2. The quantitative estimate of drug-likeness (QED) is 0.787. The predicted octanol–water partition coefficient (Wildman–Crippen LogP) is 3.11. The molecule has 0 bridgehead atoms. The van der Waals surface area contributed by atoms with Crippen LogP contribution in [0.1, 0.15) is 26.5 Å². The van der Waals surface area contributed by atoms with Gasteiger partial charge in [0, 0.05) is 35.5 Å². The van der Waals surface area contributed by atoms with Gasteiger partial charge in [-0.25, -0.2) is 4.39 Å². The lowest BCUT2D eigenvalue weighted by atomic mass is 9.87. The third-order valence-corrected chi connectivity index (χ3v) is 2.82. The van der Waals surface area contributed by atoms with Crippen LogP contribution >= 0.6 is 0 Å². The summed E-state index contributed by atoms with van der Waals surface area (Å²) in [6, 6.07) is 4.61. The van der Waals surface area contributed by atoms with E-state index in [9.17, 15) is 4.39 Å². The lowest BCUT2D eigenvalue weighted by Gasteiger charge is -2.17. The lowest BCUT2D eigenvalue weighted by Crippen LogP contribution is -2.14. The first-order valence-electron chi connectivity index (χ1n) is 5.88. The van der Waals surface area contributed by atoms with Crippen molar-refractivity contribution in [3.8, 4) is 11.1 Å². The Morgan fingerprint density at radius 3 is 2.50 bits per heavy atom. The zero-order chi connectivity index (χ0) is 13.5. The number of nitrogens with two attached hydrogens (primary N) is 1. The second-order valence-electron chi connectivity index (χ2n) is 5.55. The fourth-order valence-corrected chi connectivity index (χ4v) is 1.99. The number of nitrogen functional groups attached to an aromatic ring is 1. The number of aryl methyl sites for hydroxylation is 1. The van der Waals surface area contributed by atoms with Crippen molar-refractivity contribution in [3.05, 3.63) is 35.9 Å². The maximum atomic E-state index is 13.9. The number of halogens is 1. The minimum atomic E-state index is -0.275. The summed E-state index contributed by atoms with van der Waals surface area (Å²) in [7, 11) is 1.84. The molecule has 0 saturated heterocycles. The molecule has 0 radical (unpaired) electrons. The highest BCUT2D eigenvalue weighted by molar-refractivity contribution is 5.70. The van der Waals surface area contributed by atoms with Crippen LogP contribution in [0.5, 0.6) is 0 Å². The number of rotatable bonds is 1. The molecule has 3 nitrogen and oxygen atoms in total. The van der Waals surface area contributed by atoms with E-state index in [0.717, 1.165) is 11.3 Å². The Bertz CT molecular complexity index is 579. The monoisotopic (exact) mass is 247 g/mol. The number of hydrogen-bond acceptors (Lipinski definition) is 2. The Kier molecular flexibility index (Phi) is 2.89. The van der Waals surface area contributed by atoms with E-state index >= 15 is 0 Å². The van der Waals surface area contributed by atoms with Crippen LogP contribution in [0.25, 0.3) is 11.1 Å². The zero-order valence-corrected chi connectivity index (χ0v) is 11.2. The Morgan fingerprint density at radius 1 is 1.22 bits per heavy atom. The molecule has 0 aliphatic carbocycles. The van der Waals surface area contributed by atoms with Crippen LogP contribution in [0, 0.1) is 5.82 Å². The molecule has 4 heteroatoms. The normalized spacial score (nSPS) is 11.8. The average Bonchev–Trinajstić information content (AvgIpc) is 2.63. The highest BCUT2D eigenvalue weighted by Crippen LogP contribution is 2.33. The third-order valence-electron chi connectivity index (χ3n) is 2.82. The Morgan fingerprint density at radius 2 is 1.89 bits per heavy atom. The number of benzene rings is 1. The van der Waals surface area contributed by atoms with Crippen molar-refractivity contribution in [1.82, 2.24) is 9.78 Å². The Balaban J connectivity index is 2.67. The van der Waals surface area contributed by atoms with Crippen LogP contribution in [0.4, 0.5) is 10.1 Å². The summed E-state index contributed by atoms with van der Waals surface area (Å²) < 4.78 is 15.6. The molecule has 2 aromatic rings. The van der Waals surface area contributed by atoms with Crippen LogP contribution in [0.3, 0.4) is 0 Å². The molecule has 1 heterocycles. The predicted molar refractivity (Wildman–Crippen MR) is 71.7 cm³/mol. The van der Waals surface area contributed by atoms with Crippen molar-refractivity contribution in [2.24, 2.45) is 7.05 Å². The van der Waals surface area contributed by atoms with Crippen LogP contribution in [-0.4, -0.2) is 9.78 Å². The summed E-state index contributed by atoms with van der Waals surface area (Å²) in [4.78, 5) is 0. The summed E-state index contributed by atoms with van der Waals surface area (Å²) in [5.74, 6) is -0.275. The van der Waals surface area contributed by atoms with Crippen molar-refractivity contribution < 1.29 is 4.39 Å². The topological polar surface area (TPSA) is 43.8 Å². The van der Waals surface area contributed by atoms with Gasteiger partial charge in [0.15, 0.2) is 0 Å². The molecule has 0 atom stereocenters. The summed E-state index contributed by atoms with van der Waals surface area (Å²) in [5.41, 5.74) is 8.32. The van der Waals surface area contributed by atoms with Crippen molar-refractivity contribution in [2.45, 2.75) is 26.2 Å². The summed E-state index contributed by atoms with van der Waals surface area (Å²) in [5, 5.41) is 4.44. The molecule has 0 saturated carbocycles. The standard InChI is InChI=1S/C14H18FN3/c1-14(2,3)13-11(8-18(4)17-13)10-7-9(16)5-6-12(10)15/h5-8H,16H2,1-4H3. The van der Waals surface area contributed by atoms with Crippen molar-refractivity contribution in [1.29, 1.82) is 0 Å². The molecule has 0 fully saturated rings. The molecule has 1 aromatic heterocycles. The van der Waals surface area contributed by atoms with Gasteiger partial charge in [-0.1, -0.05) is 20.8 Å². The molecule has 0 amide bonds. The second-order valence-corrected chi connectivity index (χ2v) is 5.55. The fourth-order valence-electron chi connectivity index (χ4n) is 1.99. The highest BCUT2D eigenvalue weighted by atomic mass is 19.1. The summed E-state index contributed by atoms with van der Waals surface area (Å²) >= 11 is 0. The van der Waals surface area contributed by atoms with Gasteiger partial charge >= 0.3 is 0 Å². The smallest absolute Gasteiger partial charge is 0.131 e. The second kappa shape index (κ2) is 4.12. The summed E-state index contributed by atoms with van der Waals surface area (Å²) in [6.07, 6.45) is 1.83. The van der Waals surface area contributed by atoms with E-state index in [1.807, 2.05) is 13.2 Å². The molecule has 2 rings (SSSR count). The summed E-state index contributed by atoms with van der Waals surface area (Å²) in [6.45, 7) is 6.18. The molecule has 0 aliphatic heterocycles. The largest absolute Gasteiger partial charge is 0.399 e. The highest BCUT2D eigenvalue weighted by Gasteiger charge is 2.24. The lowest BCUT2D eigenvalue weighted by molar-refractivity contribution is 0.553. The fraction of sp³-hybridized carbons (Fsp3) is 0.357. The number of anilines is 1. The maximum absolute atomic E-state index is 13.9. The molecule has 18 heavy (non-hydrogen) atoms. The van der Waals surface area contributed by atoms with Crippen molar-refractivity contribution in [2.75, 3.05) is 5.73 Å². The van der Waals surface area contributed by atoms with Crippen LogP contribution in [-0.2, 0) is 12.5 Å². The molecular formula is C14H18FN3. The average molecular weight is 247 g/mol. The SMILES string of the molecule is Cn1cc(-c2cc(N)ccc2F)c(C(C)(C)C)n1. The van der Waals surface area contributed by atoms with Crippen LogP contribution in [0.2, 0.25) is 0 Å². The van der Waals surface area contributed by atoms with Crippen molar-refractivity contribution in [3.63, 3.8) is 0 Å².